The van der Waals surface area contributed by atoms with Gasteiger partial charge in [0.05, 0.1) is 6.61 Å². The molecule has 35 heavy (non-hydrogen) atoms. The van der Waals surface area contributed by atoms with E-state index in [1.54, 1.807) is 30.3 Å². The highest BCUT2D eigenvalue weighted by Gasteiger charge is 2.28. The Balaban J connectivity index is 1.39. The number of hydrogen-bond donors (Lipinski definition) is 2. The van der Waals surface area contributed by atoms with Gasteiger partial charge in [-0.15, -0.1) is 0 Å². The molecule has 1 amide bonds. The number of carbonyl (C=O) groups is 2. The summed E-state index contributed by atoms with van der Waals surface area (Å²) in [6, 6.07) is 13.3. The summed E-state index contributed by atoms with van der Waals surface area (Å²) in [5.74, 6) is -3.32. The smallest absolute Gasteiger partial charge is 0.251 e. The minimum absolute atomic E-state index is 0.0224. The van der Waals surface area contributed by atoms with Gasteiger partial charge in [0.15, 0.2) is 17.4 Å². The molecule has 1 aliphatic carbocycles. The van der Waals surface area contributed by atoms with Crippen LogP contribution in [-0.2, 0) is 19.4 Å². The number of fused-ring (bicyclic) bond motifs is 1. The van der Waals surface area contributed by atoms with Crippen molar-refractivity contribution in [2.45, 2.75) is 25.9 Å². The van der Waals surface area contributed by atoms with Gasteiger partial charge in [0, 0.05) is 35.2 Å². The third kappa shape index (κ3) is 5.71. The third-order valence-electron chi connectivity index (χ3n) is 6.05. The van der Waals surface area contributed by atoms with Crippen LogP contribution < -0.4 is 10.1 Å². The first kappa shape index (κ1) is 24.5. The van der Waals surface area contributed by atoms with Crippen molar-refractivity contribution in [1.82, 2.24) is 5.32 Å². The van der Waals surface area contributed by atoms with Crippen molar-refractivity contribution in [2.24, 2.45) is 5.92 Å². The molecule has 3 aromatic rings. The zero-order chi connectivity index (χ0) is 24.9. The Hall–Kier alpha value is -3.65. The van der Waals surface area contributed by atoms with Crippen molar-refractivity contribution in [3.8, 4) is 5.75 Å². The van der Waals surface area contributed by atoms with E-state index in [-0.39, 0.29) is 42.9 Å². The van der Waals surface area contributed by atoms with Crippen LogP contribution in [0.3, 0.4) is 0 Å². The summed E-state index contributed by atoms with van der Waals surface area (Å²) in [7, 11) is 0. The van der Waals surface area contributed by atoms with E-state index in [9.17, 15) is 22.8 Å². The van der Waals surface area contributed by atoms with Gasteiger partial charge in [-0.3, -0.25) is 9.59 Å². The molecule has 0 saturated carbocycles. The zero-order valence-corrected chi connectivity index (χ0v) is 18.8. The van der Waals surface area contributed by atoms with E-state index in [2.05, 4.69) is 5.32 Å². The van der Waals surface area contributed by atoms with Crippen LogP contribution in [0.2, 0.25) is 0 Å². The van der Waals surface area contributed by atoms with Gasteiger partial charge in [-0.05, 0) is 66.8 Å². The largest absolute Gasteiger partial charge is 0.489 e. The third-order valence-corrected chi connectivity index (χ3v) is 6.05. The quantitative estimate of drug-likeness (QED) is 0.466. The van der Waals surface area contributed by atoms with Crippen LogP contribution in [0.5, 0.6) is 5.75 Å². The lowest BCUT2D eigenvalue weighted by molar-refractivity contribution is 0.0899. The van der Waals surface area contributed by atoms with Gasteiger partial charge in [-0.25, -0.2) is 13.2 Å². The van der Waals surface area contributed by atoms with Crippen LogP contribution in [0, 0.1) is 23.4 Å². The van der Waals surface area contributed by atoms with E-state index in [0.717, 1.165) is 17.2 Å². The average molecular weight is 483 g/mol. The van der Waals surface area contributed by atoms with Crippen molar-refractivity contribution in [1.29, 1.82) is 0 Å². The Kier molecular flexibility index (Phi) is 7.51. The molecule has 0 heterocycles. The van der Waals surface area contributed by atoms with Crippen LogP contribution in [-0.4, -0.2) is 29.9 Å². The molecular weight excluding hydrogens is 459 g/mol. The predicted octanol–water partition coefficient (Wildman–Crippen LogP) is 4.39. The zero-order valence-electron chi connectivity index (χ0n) is 18.8. The van der Waals surface area contributed by atoms with Crippen LogP contribution in [0.15, 0.2) is 54.6 Å². The molecule has 0 saturated heterocycles. The Labute approximate surface area is 200 Å². The second kappa shape index (κ2) is 10.7. The monoisotopic (exact) mass is 483 g/mol. The molecular formula is C27H24F3NO4. The highest BCUT2D eigenvalue weighted by molar-refractivity contribution is 6.00. The number of amides is 1. The summed E-state index contributed by atoms with van der Waals surface area (Å²) < 4.78 is 45.9. The van der Waals surface area contributed by atoms with E-state index >= 15 is 0 Å². The van der Waals surface area contributed by atoms with Crippen LogP contribution in [0.1, 0.15) is 43.8 Å². The number of ketones is 1. The van der Waals surface area contributed by atoms with E-state index in [0.29, 0.717) is 42.2 Å². The number of aryl methyl sites for hydroxylation is 1. The Morgan fingerprint density at radius 2 is 1.74 bits per heavy atom. The molecule has 1 atom stereocenters. The van der Waals surface area contributed by atoms with Crippen molar-refractivity contribution >= 4 is 11.7 Å². The lowest BCUT2D eigenvalue weighted by Crippen LogP contribution is -2.26. The summed E-state index contributed by atoms with van der Waals surface area (Å²) in [5.41, 5.74) is 2.75. The maximum Gasteiger partial charge on any atom is 0.251 e. The molecule has 2 N–H and O–H groups in total. The van der Waals surface area contributed by atoms with E-state index in [4.69, 9.17) is 9.84 Å². The highest BCUT2D eigenvalue weighted by atomic mass is 19.2. The maximum absolute atomic E-state index is 13.8. The van der Waals surface area contributed by atoms with Crippen LogP contribution in [0.25, 0.3) is 0 Å². The number of aliphatic hydroxyl groups is 1. The number of aliphatic hydroxyl groups excluding tert-OH is 1. The molecule has 182 valence electrons. The molecule has 0 spiro atoms. The van der Waals surface area contributed by atoms with Gasteiger partial charge in [0.2, 0.25) is 0 Å². The fourth-order valence-corrected chi connectivity index (χ4v) is 4.17. The number of rotatable bonds is 8. The first-order chi connectivity index (χ1) is 16.9. The number of hydrogen-bond acceptors (Lipinski definition) is 4. The summed E-state index contributed by atoms with van der Waals surface area (Å²) in [4.78, 5) is 25.0. The number of nitrogens with one attached hydrogen (secondary N) is 1. The lowest BCUT2D eigenvalue weighted by Gasteiger charge is -2.24. The Morgan fingerprint density at radius 1 is 1.00 bits per heavy atom. The summed E-state index contributed by atoms with van der Waals surface area (Å²) in [6.45, 7) is -0.215. The number of ether oxygens (including phenoxy) is 1. The van der Waals surface area contributed by atoms with Gasteiger partial charge in [0.25, 0.3) is 5.91 Å². The van der Waals surface area contributed by atoms with Gasteiger partial charge < -0.3 is 15.2 Å². The van der Waals surface area contributed by atoms with Crippen molar-refractivity contribution in [3.05, 3.63) is 99.9 Å². The molecule has 0 fully saturated rings. The molecule has 5 nitrogen and oxygen atoms in total. The molecule has 8 heteroatoms. The fraction of sp³-hybridized carbons (Fsp3) is 0.259. The first-order valence-electron chi connectivity index (χ1n) is 11.3. The van der Waals surface area contributed by atoms with E-state index < -0.39 is 17.5 Å². The van der Waals surface area contributed by atoms with Gasteiger partial charge in [0.1, 0.15) is 18.2 Å². The van der Waals surface area contributed by atoms with E-state index in [1.165, 1.54) is 0 Å². The van der Waals surface area contributed by atoms with Crippen LogP contribution in [0.4, 0.5) is 13.2 Å². The molecule has 4 rings (SSSR count). The van der Waals surface area contributed by atoms with Crippen molar-refractivity contribution < 1.29 is 32.6 Å². The minimum Gasteiger partial charge on any atom is -0.489 e. The lowest BCUT2D eigenvalue weighted by atomic mass is 9.79. The highest BCUT2D eigenvalue weighted by Crippen LogP contribution is 2.31. The maximum atomic E-state index is 13.8. The molecule has 3 aromatic carbocycles. The van der Waals surface area contributed by atoms with Gasteiger partial charge >= 0.3 is 0 Å². The Morgan fingerprint density at radius 3 is 2.49 bits per heavy atom. The van der Waals surface area contributed by atoms with Crippen molar-refractivity contribution in [2.75, 3.05) is 13.2 Å². The second-order valence-corrected chi connectivity index (χ2v) is 8.45. The Bertz CT molecular complexity index is 1240. The number of halogens is 3. The van der Waals surface area contributed by atoms with E-state index in [1.807, 2.05) is 12.1 Å². The topological polar surface area (TPSA) is 75.6 Å². The summed E-state index contributed by atoms with van der Waals surface area (Å²) in [5, 5.41) is 11.4. The second-order valence-electron chi connectivity index (χ2n) is 8.45. The molecule has 0 radical (unpaired) electrons. The molecule has 1 unspecified atom stereocenters. The van der Waals surface area contributed by atoms with Crippen LogP contribution >= 0.6 is 0 Å². The summed E-state index contributed by atoms with van der Waals surface area (Å²) in [6.07, 6.45) is 1.85. The fourth-order valence-electron chi connectivity index (χ4n) is 4.17. The SMILES string of the molecule is O=C(NCCO)c1ccc(CC2CCc3cc(OCc4cc(F)c(F)cc4F)ccc3C2=O)cc1. The number of benzene rings is 3. The van der Waals surface area contributed by atoms with Gasteiger partial charge in [-0.1, -0.05) is 12.1 Å². The first-order valence-corrected chi connectivity index (χ1v) is 11.3. The minimum atomic E-state index is -1.26. The average Bonchev–Trinajstić information content (AvgIpc) is 2.86. The predicted molar refractivity (Wildman–Crippen MR) is 123 cm³/mol. The normalized spacial score (nSPS) is 15.0. The standard InChI is InChI=1S/C27H24F3NO4/c28-23-14-25(30)24(29)13-20(23)15-35-21-7-8-22-18(12-21)5-6-19(26(22)33)11-16-1-3-17(4-2-16)27(34)31-9-10-32/h1-4,7-8,12-14,19,32H,5-6,9-11,15H2,(H,31,34). The summed E-state index contributed by atoms with van der Waals surface area (Å²) >= 11 is 0. The molecule has 1 aliphatic rings. The molecule has 0 aliphatic heterocycles. The number of carbonyl (C=O) groups excluding carboxylic acids is 2. The number of Topliss-reactive ketones (excluding diaryl/α,β-unsaturated/α-hetero) is 1. The van der Waals surface area contributed by atoms with Gasteiger partial charge in [-0.2, -0.15) is 0 Å². The molecule has 0 aromatic heterocycles. The van der Waals surface area contributed by atoms with Crippen molar-refractivity contribution in [3.63, 3.8) is 0 Å². The molecule has 0 bridgehead atoms.